The van der Waals surface area contributed by atoms with Crippen LogP contribution in [0.2, 0.25) is 0 Å². The zero-order valence-corrected chi connectivity index (χ0v) is 10.7. The first kappa shape index (κ1) is 11.3. The quantitative estimate of drug-likeness (QED) is 0.749. The highest BCUT2D eigenvalue weighted by Gasteiger charge is 2.25. The van der Waals surface area contributed by atoms with Crippen molar-refractivity contribution in [1.82, 2.24) is 14.9 Å². The van der Waals surface area contributed by atoms with Gasteiger partial charge in [-0.05, 0) is 38.6 Å². The topological polar surface area (TPSA) is 63.9 Å². The number of imidazole rings is 1. The third kappa shape index (κ3) is 2.01. The van der Waals surface area contributed by atoms with Crippen LogP contribution in [0.3, 0.4) is 0 Å². The summed E-state index contributed by atoms with van der Waals surface area (Å²) in [5, 5.41) is 3.53. The molecular weight excluding hydrogens is 228 g/mol. The van der Waals surface area contributed by atoms with Crippen molar-refractivity contribution >= 4 is 16.7 Å². The standard InChI is InChI=1S/C13H18N4O/c1-8-5-10(7-17(8)2)14-9-3-4-11-12(6-9)16-13(18)15-11/h3-4,6,8,10,14H,5,7H2,1-2H3,(H2,15,16,18). The highest BCUT2D eigenvalue weighted by atomic mass is 16.1. The monoisotopic (exact) mass is 246 g/mol. The SMILES string of the molecule is CC1CC(Nc2ccc3[nH]c(=O)[nH]c3c2)CN1C. The molecule has 5 nitrogen and oxygen atoms in total. The first-order chi connectivity index (χ1) is 8.61. The Morgan fingerprint density at radius 3 is 2.83 bits per heavy atom. The molecule has 2 atom stereocenters. The number of nitrogens with zero attached hydrogens (tertiary/aromatic N) is 1. The van der Waals surface area contributed by atoms with Gasteiger partial charge in [0.15, 0.2) is 0 Å². The molecule has 3 N–H and O–H groups in total. The van der Waals surface area contributed by atoms with E-state index >= 15 is 0 Å². The number of aromatic amines is 2. The molecule has 96 valence electrons. The second-order valence-corrected chi connectivity index (χ2v) is 5.21. The Morgan fingerprint density at radius 2 is 2.11 bits per heavy atom. The number of hydrogen-bond acceptors (Lipinski definition) is 3. The molecule has 3 rings (SSSR count). The second-order valence-electron chi connectivity index (χ2n) is 5.21. The fourth-order valence-electron chi connectivity index (χ4n) is 2.66. The first-order valence-electron chi connectivity index (χ1n) is 6.30. The Kier molecular flexibility index (Phi) is 2.63. The van der Waals surface area contributed by atoms with E-state index in [4.69, 9.17) is 0 Å². The van der Waals surface area contributed by atoms with E-state index in [0.717, 1.165) is 29.7 Å². The highest BCUT2D eigenvalue weighted by molar-refractivity contribution is 5.78. The van der Waals surface area contributed by atoms with Gasteiger partial charge in [0.05, 0.1) is 11.0 Å². The molecule has 1 aliphatic rings. The number of benzene rings is 1. The zero-order valence-electron chi connectivity index (χ0n) is 10.7. The maximum absolute atomic E-state index is 11.2. The molecule has 18 heavy (non-hydrogen) atoms. The Bertz CT molecular complexity index is 605. The summed E-state index contributed by atoms with van der Waals surface area (Å²) in [7, 11) is 2.15. The lowest BCUT2D eigenvalue weighted by Gasteiger charge is -2.14. The molecule has 1 fully saturated rings. The molecule has 0 bridgehead atoms. The van der Waals surface area contributed by atoms with Crippen LogP contribution in [0.4, 0.5) is 5.69 Å². The predicted molar refractivity (Wildman–Crippen MR) is 73.0 cm³/mol. The molecule has 2 aromatic rings. The number of nitrogens with one attached hydrogen (secondary N) is 3. The normalized spacial score (nSPS) is 24.8. The van der Waals surface area contributed by atoms with Crippen molar-refractivity contribution in [1.29, 1.82) is 0 Å². The maximum Gasteiger partial charge on any atom is 0.323 e. The van der Waals surface area contributed by atoms with Gasteiger partial charge in [-0.3, -0.25) is 0 Å². The van der Waals surface area contributed by atoms with Gasteiger partial charge in [-0.15, -0.1) is 0 Å². The Balaban J connectivity index is 1.80. The third-order valence-electron chi connectivity index (χ3n) is 3.77. The summed E-state index contributed by atoms with van der Waals surface area (Å²) >= 11 is 0. The minimum Gasteiger partial charge on any atom is -0.381 e. The highest BCUT2D eigenvalue weighted by Crippen LogP contribution is 2.21. The molecule has 0 amide bonds. The number of likely N-dealkylation sites (N-methyl/N-ethyl adjacent to an activating group) is 1. The number of hydrogen-bond donors (Lipinski definition) is 3. The Labute approximate surface area is 105 Å². The van der Waals surface area contributed by atoms with Gasteiger partial charge in [0, 0.05) is 24.3 Å². The van der Waals surface area contributed by atoms with Crippen LogP contribution in [-0.2, 0) is 0 Å². The van der Waals surface area contributed by atoms with E-state index in [1.54, 1.807) is 0 Å². The van der Waals surface area contributed by atoms with E-state index in [0.29, 0.717) is 12.1 Å². The van der Waals surface area contributed by atoms with Crippen LogP contribution in [0.15, 0.2) is 23.0 Å². The van der Waals surface area contributed by atoms with Gasteiger partial charge >= 0.3 is 5.69 Å². The Morgan fingerprint density at radius 1 is 1.33 bits per heavy atom. The molecule has 1 aromatic heterocycles. The average molecular weight is 246 g/mol. The van der Waals surface area contributed by atoms with Crippen molar-refractivity contribution in [3.63, 3.8) is 0 Å². The van der Waals surface area contributed by atoms with Crippen molar-refractivity contribution in [2.75, 3.05) is 18.9 Å². The minimum atomic E-state index is -0.156. The number of anilines is 1. The van der Waals surface area contributed by atoms with E-state index in [9.17, 15) is 4.79 Å². The van der Waals surface area contributed by atoms with Gasteiger partial charge in [0.25, 0.3) is 0 Å². The molecule has 2 heterocycles. The molecule has 2 unspecified atom stereocenters. The number of rotatable bonds is 2. The summed E-state index contributed by atoms with van der Waals surface area (Å²) < 4.78 is 0. The fourth-order valence-corrected chi connectivity index (χ4v) is 2.66. The molecule has 0 saturated carbocycles. The van der Waals surface area contributed by atoms with Crippen molar-refractivity contribution in [2.24, 2.45) is 0 Å². The maximum atomic E-state index is 11.2. The number of aromatic nitrogens is 2. The average Bonchev–Trinajstić information content (AvgIpc) is 2.81. The van der Waals surface area contributed by atoms with Crippen molar-refractivity contribution in [2.45, 2.75) is 25.4 Å². The van der Waals surface area contributed by atoms with E-state index in [2.05, 4.69) is 34.2 Å². The van der Waals surface area contributed by atoms with Crippen LogP contribution in [-0.4, -0.2) is 40.5 Å². The van der Waals surface area contributed by atoms with E-state index in [-0.39, 0.29) is 5.69 Å². The minimum absolute atomic E-state index is 0.156. The molecule has 1 saturated heterocycles. The first-order valence-corrected chi connectivity index (χ1v) is 6.30. The predicted octanol–water partition coefficient (Wildman–Crippen LogP) is 1.36. The van der Waals surface area contributed by atoms with Gasteiger partial charge in [-0.1, -0.05) is 0 Å². The zero-order chi connectivity index (χ0) is 12.7. The smallest absolute Gasteiger partial charge is 0.323 e. The molecule has 1 aromatic carbocycles. The lowest BCUT2D eigenvalue weighted by Crippen LogP contribution is -2.24. The molecule has 5 heteroatoms. The van der Waals surface area contributed by atoms with E-state index < -0.39 is 0 Å². The molecule has 0 spiro atoms. The largest absolute Gasteiger partial charge is 0.381 e. The molecule has 1 aliphatic heterocycles. The lowest BCUT2D eigenvalue weighted by molar-refractivity contribution is 0.330. The van der Waals surface area contributed by atoms with Gasteiger partial charge < -0.3 is 20.2 Å². The summed E-state index contributed by atoms with van der Waals surface area (Å²) in [5.74, 6) is 0. The van der Waals surface area contributed by atoms with Crippen LogP contribution >= 0.6 is 0 Å². The summed E-state index contributed by atoms with van der Waals surface area (Å²) in [6.07, 6.45) is 1.15. The molecule has 0 radical (unpaired) electrons. The summed E-state index contributed by atoms with van der Waals surface area (Å²) in [4.78, 5) is 19.1. The molecular formula is C13H18N4O. The molecule has 0 aliphatic carbocycles. The fraction of sp³-hybridized carbons (Fsp3) is 0.462. The summed E-state index contributed by atoms with van der Waals surface area (Å²) in [6.45, 7) is 3.30. The lowest BCUT2D eigenvalue weighted by atomic mass is 10.2. The van der Waals surface area contributed by atoms with Gasteiger partial charge in [0.2, 0.25) is 0 Å². The number of H-pyrrole nitrogens is 2. The van der Waals surface area contributed by atoms with Gasteiger partial charge in [0.1, 0.15) is 0 Å². The van der Waals surface area contributed by atoms with E-state index in [1.165, 1.54) is 0 Å². The van der Waals surface area contributed by atoms with Gasteiger partial charge in [-0.2, -0.15) is 0 Å². The van der Waals surface area contributed by atoms with E-state index in [1.807, 2.05) is 18.2 Å². The number of fused-ring (bicyclic) bond motifs is 1. The van der Waals surface area contributed by atoms with Crippen LogP contribution in [0.1, 0.15) is 13.3 Å². The second kappa shape index (κ2) is 4.17. The number of likely N-dealkylation sites (tertiary alicyclic amines) is 1. The van der Waals surface area contributed by atoms with Crippen LogP contribution in [0.25, 0.3) is 11.0 Å². The van der Waals surface area contributed by atoms with Gasteiger partial charge in [-0.25, -0.2) is 4.79 Å². The van der Waals surface area contributed by atoms with Crippen molar-refractivity contribution < 1.29 is 0 Å². The van der Waals surface area contributed by atoms with Crippen molar-refractivity contribution in [3.8, 4) is 0 Å². The summed E-state index contributed by atoms with van der Waals surface area (Å²) in [5.41, 5.74) is 2.61. The van der Waals surface area contributed by atoms with Crippen LogP contribution < -0.4 is 11.0 Å². The van der Waals surface area contributed by atoms with Crippen LogP contribution in [0.5, 0.6) is 0 Å². The third-order valence-corrected chi connectivity index (χ3v) is 3.77. The summed E-state index contributed by atoms with van der Waals surface area (Å²) in [6, 6.07) is 7.02. The Hall–Kier alpha value is -1.75. The van der Waals surface area contributed by atoms with Crippen LogP contribution in [0, 0.1) is 0 Å². The van der Waals surface area contributed by atoms with Crippen molar-refractivity contribution in [3.05, 3.63) is 28.7 Å².